The predicted octanol–water partition coefficient (Wildman–Crippen LogP) is 4.32. The number of rotatable bonds is 3. The molecule has 2 heteroatoms. The van der Waals surface area contributed by atoms with E-state index >= 15 is 0 Å². The van der Waals surface area contributed by atoms with E-state index in [2.05, 4.69) is 61.8 Å². The highest BCUT2D eigenvalue weighted by atomic mass is 79.9. The Hall–Kier alpha value is -0.500. The Kier molecular flexibility index (Phi) is 4.43. The average molecular weight is 285 g/mol. The molecule has 0 spiro atoms. The fourth-order valence-electron chi connectivity index (χ4n) is 1.71. The van der Waals surface area contributed by atoms with Gasteiger partial charge in [-0.2, -0.15) is 0 Å². The zero-order chi connectivity index (χ0) is 12.3. The second-order valence-corrected chi connectivity index (χ2v) is 6.82. The summed E-state index contributed by atoms with van der Waals surface area (Å²) in [5, 5.41) is 0. The predicted molar refractivity (Wildman–Crippen MR) is 73.8 cm³/mol. The van der Waals surface area contributed by atoms with Gasteiger partial charge in [-0.3, -0.25) is 0 Å². The van der Waals surface area contributed by atoms with E-state index in [1.807, 2.05) is 0 Å². The molecular formula is C14H21BrO. The van der Waals surface area contributed by atoms with Gasteiger partial charge in [-0.1, -0.05) is 55.8 Å². The number of methoxy groups -OCH3 is 1. The van der Waals surface area contributed by atoms with E-state index < -0.39 is 0 Å². The molecule has 0 radical (unpaired) electrons. The molecule has 0 aromatic heterocycles. The fourth-order valence-corrected chi connectivity index (χ4v) is 2.06. The molecular weight excluding hydrogens is 264 g/mol. The Morgan fingerprint density at radius 2 is 1.94 bits per heavy atom. The monoisotopic (exact) mass is 284 g/mol. The third-order valence-corrected chi connectivity index (χ3v) is 2.97. The third-order valence-electron chi connectivity index (χ3n) is 2.65. The van der Waals surface area contributed by atoms with Gasteiger partial charge in [-0.25, -0.2) is 0 Å². The van der Waals surface area contributed by atoms with Crippen molar-refractivity contribution in [1.82, 2.24) is 0 Å². The third kappa shape index (κ3) is 3.51. The second-order valence-electron chi connectivity index (χ2n) is 5.26. The van der Waals surface area contributed by atoms with Crippen molar-refractivity contribution in [2.45, 2.75) is 44.4 Å². The van der Waals surface area contributed by atoms with Gasteiger partial charge >= 0.3 is 0 Å². The number of hydrogen-bond donors (Lipinski definition) is 0. The molecule has 1 atom stereocenters. The van der Waals surface area contributed by atoms with Crippen LogP contribution in [0.1, 0.15) is 38.8 Å². The van der Waals surface area contributed by atoms with Crippen molar-refractivity contribution in [3.05, 3.63) is 29.3 Å². The largest absolute Gasteiger partial charge is 0.496 e. The van der Waals surface area contributed by atoms with Gasteiger partial charge in [0.25, 0.3) is 0 Å². The topological polar surface area (TPSA) is 9.23 Å². The van der Waals surface area contributed by atoms with Crippen molar-refractivity contribution >= 4 is 15.9 Å². The van der Waals surface area contributed by atoms with Gasteiger partial charge in [0.2, 0.25) is 0 Å². The van der Waals surface area contributed by atoms with E-state index in [0.717, 1.165) is 12.2 Å². The molecule has 16 heavy (non-hydrogen) atoms. The zero-order valence-corrected chi connectivity index (χ0v) is 12.4. The lowest BCUT2D eigenvalue weighted by Gasteiger charge is -2.21. The Morgan fingerprint density at radius 3 is 2.38 bits per heavy atom. The van der Waals surface area contributed by atoms with Crippen molar-refractivity contribution in [2.24, 2.45) is 0 Å². The molecule has 0 aliphatic rings. The molecule has 0 saturated heterocycles. The molecule has 90 valence electrons. The molecule has 1 nitrogen and oxygen atoms in total. The van der Waals surface area contributed by atoms with E-state index in [9.17, 15) is 0 Å². The van der Waals surface area contributed by atoms with Gasteiger partial charge in [0.05, 0.1) is 7.11 Å². The van der Waals surface area contributed by atoms with E-state index in [4.69, 9.17) is 4.74 Å². The van der Waals surface area contributed by atoms with Crippen molar-refractivity contribution < 1.29 is 4.74 Å². The van der Waals surface area contributed by atoms with Crippen LogP contribution in [0.2, 0.25) is 0 Å². The van der Waals surface area contributed by atoms with E-state index in [1.54, 1.807) is 7.11 Å². The van der Waals surface area contributed by atoms with Crippen LogP contribution in [-0.4, -0.2) is 11.9 Å². The Labute approximate surface area is 107 Å². The highest BCUT2D eigenvalue weighted by molar-refractivity contribution is 9.09. The van der Waals surface area contributed by atoms with Crippen molar-refractivity contribution in [1.29, 1.82) is 0 Å². The second kappa shape index (κ2) is 5.22. The van der Waals surface area contributed by atoms with Gasteiger partial charge in [-0.15, -0.1) is 0 Å². The highest BCUT2D eigenvalue weighted by Crippen LogP contribution is 2.29. The van der Waals surface area contributed by atoms with Crippen LogP contribution < -0.4 is 4.74 Å². The Balaban J connectivity index is 3.11. The van der Waals surface area contributed by atoms with Gasteiger partial charge in [0.15, 0.2) is 0 Å². The van der Waals surface area contributed by atoms with Crippen molar-refractivity contribution in [2.75, 3.05) is 7.11 Å². The fraction of sp³-hybridized carbons (Fsp3) is 0.571. The first-order valence-electron chi connectivity index (χ1n) is 5.66. The molecule has 0 aliphatic carbocycles. The first-order chi connectivity index (χ1) is 7.34. The van der Waals surface area contributed by atoms with Crippen LogP contribution in [0.25, 0.3) is 0 Å². The first kappa shape index (κ1) is 13.6. The maximum Gasteiger partial charge on any atom is 0.122 e. The summed E-state index contributed by atoms with van der Waals surface area (Å²) in [6, 6.07) is 6.49. The number of ether oxygens (including phenoxy) is 1. The van der Waals surface area contributed by atoms with Crippen molar-refractivity contribution in [3.8, 4) is 5.75 Å². The molecule has 1 unspecified atom stereocenters. The Morgan fingerprint density at radius 1 is 1.31 bits per heavy atom. The highest BCUT2D eigenvalue weighted by Gasteiger charge is 2.16. The van der Waals surface area contributed by atoms with E-state index in [0.29, 0.717) is 4.83 Å². The molecule has 0 fully saturated rings. The minimum atomic E-state index is 0.191. The standard InChI is InChI=1S/C14H21BrO/c1-10(15)8-11-9-12(14(2,3)4)6-7-13(11)16-5/h6-7,9-10H,8H2,1-5H3. The zero-order valence-electron chi connectivity index (χ0n) is 10.8. The number of halogens is 1. The summed E-state index contributed by atoms with van der Waals surface area (Å²) < 4.78 is 5.39. The smallest absolute Gasteiger partial charge is 0.122 e. The van der Waals surface area contributed by atoms with E-state index in [1.165, 1.54) is 11.1 Å². The molecule has 1 aromatic carbocycles. The van der Waals surface area contributed by atoms with Crippen LogP contribution in [0.5, 0.6) is 5.75 Å². The van der Waals surface area contributed by atoms with Crippen LogP contribution in [0.3, 0.4) is 0 Å². The molecule has 0 saturated carbocycles. The van der Waals surface area contributed by atoms with E-state index in [-0.39, 0.29) is 5.41 Å². The van der Waals surface area contributed by atoms with Gasteiger partial charge in [0.1, 0.15) is 5.75 Å². The minimum absolute atomic E-state index is 0.191. The summed E-state index contributed by atoms with van der Waals surface area (Å²) in [5.74, 6) is 0.985. The quantitative estimate of drug-likeness (QED) is 0.752. The van der Waals surface area contributed by atoms with Crippen LogP contribution in [0.4, 0.5) is 0 Å². The van der Waals surface area contributed by atoms with Gasteiger partial charge in [0, 0.05) is 4.83 Å². The van der Waals surface area contributed by atoms with Crippen LogP contribution in [0, 0.1) is 0 Å². The number of benzene rings is 1. The summed E-state index contributed by atoms with van der Waals surface area (Å²) in [5.41, 5.74) is 2.83. The van der Waals surface area contributed by atoms with Crippen LogP contribution in [0.15, 0.2) is 18.2 Å². The molecule has 1 rings (SSSR count). The summed E-state index contributed by atoms with van der Waals surface area (Å²) in [4.78, 5) is 0.469. The lowest BCUT2D eigenvalue weighted by atomic mass is 9.85. The molecule has 0 N–H and O–H groups in total. The lowest BCUT2D eigenvalue weighted by molar-refractivity contribution is 0.409. The van der Waals surface area contributed by atoms with Gasteiger partial charge in [-0.05, 0) is 29.0 Å². The number of hydrogen-bond acceptors (Lipinski definition) is 1. The normalized spacial score (nSPS) is 13.6. The van der Waals surface area contributed by atoms with Crippen LogP contribution >= 0.6 is 15.9 Å². The summed E-state index contributed by atoms with van der Waals surface area (Å²) in [6.07, 6.45) is 0.993. The molecule has 0 aliphatic heterocycles. The summed E-state index contributed by atoms with van der Waals surface area (Å²) >= 11 is 3.59. The minimum Gasteiger partial charge on any atom is -0.496 e. The molecule has 0 bridgehead atoms. The van der Waals surface area contributed by atoms with Gasteiger partial charge < -0.3 is 4.74 Å². The Bertz CT molecular complexity index is 350. The van der Waals surface area contributed by atoms with Crippen LogP contribution in [-0.2, 0) is 11.8 Å². The first-order valence-corrected chi connectivity index (χ1v) is 6.57. The van der Waals surface area contributed by atoms with Crippen molar-refractivity contribution in [3.63, 3.8) is 0 Å². The average Bonchev–Trinajstić information content (AvgIpc) is 2.15. The molecule has 0 amide bonds. The molecule has 0 heterocycles. The molecule has 1 aromatic rings. The summed E-state index contributed by atoms with van der Waals surface area (Å²) in [6.45, 7) is 8.85. The maximum atomic E-state index is 5.39. The summed E-state index contributed by atoms with van der Waals surface area (Å²) in [7, 11) is 1.73. The number of alkyl halides is 1. The SMILES string of the molecule is COc1ccc(C(C)(C)C)cc1CC(C)Br. The maximum absolute atomic E-state index is 5.39. The lowest BCUT2D eigenvalue weighted by Crippen LogP contribution is -2.12.